The number of nitrogens with one attached hydrogen (secondary N) is 1. The third-order valence-corrected chi connectivity index (χ3v) is 3.34. The monoisotopic (exact) mass is 333 g/mol. The first-order valence-corrected chi connectivity index (χ1v) is 6.84. The molecular weight excluding hydrogens is 313 g/mol. The maximum atomic E-state index is 9.14. The van der Waals surface area contributed by atoms with Gasteiger partial charge in [0.25, 0.3) is 0 Å². The van der Waals surface area contributed by atoms with Gasteiger partial charge < -0.3 is 10.4 Å². The van der Waals surface area contributed by atoms with Gasteiger partial charge in [0.15, 0.2) is 0 Å². The van der Waals surface area contributed by atoms with Crippen molar-refractivity contribution in [1.29, 1.82) is 0 Å². The molecule has 0 aliphatic rings. The summed E-state index contributed by atoms with van der Waals surface area (Å²) < 4.78 is 1.27. The van der Waals surface area contributed by atoms with E-state index in [1.54, 1.807) is 0 Å². The van der Waals surface area contributed by atoms with Crippen LogP contribution in [0, 0.1) is 3.57 Å². The van der Waals surface area contributed by atoms with E-state index in [4.69, 9.17) is 5.11 Å². The Morgan fingerprint density at radius 1 is 1.25 bits per heavy atom. The summed E-state index contributed by atoms with van der Waals surface area (Å²) in [6, 6.07) is 8.96. The van der Waals surface area contributed by atoms with E-state index in [1.807, 2.05) is 6.92 Å². The van der Waals surface area contributed by atoms with Crippen molar-refractivity contribution < 1.29 is 5.11 Å². The third kappa shape index (κ3) is 5.27. The van der Waals surface area contributed by atoms with Crippen molar-refractivity contribution in [3.63, 3.8) is 0 Å². The summed E-state index contributed by atoms with van der Waals surface area (Å²) in [4.78, 5) is 0. The van der Waals surface area contributed by atoms with E-state index in [9.17, 15) is 0 Å². The molecule has 2 N–H and O–H groups in total. The molecule has 2 atom stereocenters. The first-order valence-electron chi connectivity index (χ1n) is 5.76. The zero-order valence-corrected chi connectivity index (χ0v) is 12.1. The summed E-state index contributed by atoms with van der Waals surface area (Å²) in [5, 5.41) is 12.6. The van der Waals surface area contributed by atoms with Gasteiger partial charge in [0.05, 0.1) is 6.10 Å². The molecule has 90 valence electrons. The number of benzene rings is 1. The number of aliphatic hydroxyl groups excluding tert-OH is 1. The topological polar surface area (TPSA) is 32.3 Å². The fraction of sp³-hybridized carbons (Fsp3) is 0.538. The quantitative estimate of drug-likeness (QED) is 0.619. The highest BCUT2D eigenvalue weighted by Gasteiger charge is 2.04. The molecule has 1 rings (SSSR count). The molecule has 2 nitrogen and oxygen atoms in total. The lowest BCUT2D eigenvalue weighted by Gasteiger charge is -2.14. The van der Waals surface area contributed by atoms with Crippen molar-refractivity contribution in [3.05, 3.63) is 33.4 Å². The molecule has 3 heteroatoms. The van der Waals surface area contributed by atoms with E-state index in [1.165, 1.54) is 9.13 Å². The van der Waals surface area contributed by atoms with Crippen LogP contribution in [-0.4, -0.2) is 17.8 Å². The van der Waals surface area contributed by atoms with Gasteiger partial charge in [0.1, 0.15) is 0 Å². The van der Waals surface area contributed by atoms with E-state index >= 15 is 0 Å². The SMILES string of the molecule is CC(O)CCCNC(C)c1ccc(I)cc1. The van der Waals surface area contributed by atoms with E-state index in [2.05, 4.69) is 59.1 Å². The minimum Gasteiger partial charge on any atom is -0.393 e. The van der Waals surface area contributed by atoms with Crippen molar-refractivity contribution in [2.75, 3.05) is 6.54 Å². The van der Waals surface area contributed by atoms with E-state index < -0.39 is 0 Å². The van der Waals surface area contributed by atoms with Crippen molar-refractivity contribution in [3.8, 4) is 0 Å². The van der Waals surface area contributed by atoms with Gasteiger partial charge in [-0.2, -0.15) is 0 Å². The van der Waals surface area contributed by atoms with Gasteiger partial charge in [-0.25, -0.2) is 0 Å². The molecule has 1 aromatic carbocycles. The van der Waals surface area contributed by atoms with E-state index in [0.29, 0.717) is 6.04 Å². The van der Waals surface area contributed by atoms with Crippen LogP contribution in [0.5, 0.6) is 0 Å². The molecule has 16 heavy (non-hydrogen) atoms. The second-order valence-electron chi connectivity index (χ2n) is 4.22. The fourth-order valence-electron chi connectivity index (χ4n) is 1.59. The molecule has 0 radical (unpaired) electrons. The Bertz CT molecular complexity index is 297. The van der Waals surface area contributed by atoms with Gasteiger partial charge in [0, 0.05) is 9.61 Å². The van der Waals surface area contributed by atoms with Crippen LogP contribution in [0.25, 0.3) is 0 Å². The summed E-state index contributed by atoms with van der Waals surface area (Å²) in [7, 11) is 0. The smallest absolute Gasteiger partial charge is 0.0512 e. The van der Waals surface area contributed by atoms with Gasteiger partial charge in [-0.3, -0.25) is 0 Å². The Kier molecular flexibility index (Phi) is 6.31. The summed E-state index contributed by atoms with van der Waals surface area (Å²) >= 11 is 2.31. The van der Waals surface area contributed by atoms with Crippen molar-refractivity contribution in [1.82, 2.24) is 5.32 Å². The Morgan fingerprint density at radius 2 is 1.88 bits per heavy atom. The zero-order valence-electron chi connectivity index (χ0n) is 9.91. The minimum atomic E-state index is -0.185. The lowest BCUT2D eigenvalue weighted by Crippen LogP contribution is -2.20. The summed E-state index contributed by atoms with van der Waals surface area (Å²) in [5.74, 6) is 0. The van der Waals surface area contributed by atoms with Gasteiger partial charge in [-0.05, 0) is 73.5 Å². The molecule has 0 aliphatic heterocycles. The first-order chi connectivity index (χ1) is 7.59. The highest BCUT2D eigenvalue weighted by Crippen LogP contribution is 2.14. The average molecular weight is 333 g/mol. The second kappa shape index (κ2) is 7.25. The molecule has 0 heterocycles. The van der Waals surface area contributed by atoms with Crippen LogP contribution in [0.2, 0.25) is 0 Å². The van der Waals surface area contributed by atoms with Crippen molar-refractivity contribution in [2.45, 2.75) is 38.8 Å². The van der Waals surface area contributed by atoms with Crippen LogP contribution >= 0.6 is 22.6 Å². The molecule has 0 saturated heterocycles. The van der Waals surface area contributed by atoms with Gasteiger partial charge in [0.2, 0.25) is 0 Å². The van der Waals surface area contributed by atoms with Crippen molar-refractivity contribution in [2.24, 2.45) is 0 Å². The summed E-state index contributed by atoms with van der Waals surface area (Å²) in [5.41, 5.74) is 1.32. The van der Waals surface area contributed by atoms with Crippen LogP contribution in [0.1, 0.15) is 38.3 Å². The maximum absolute atomic E-state index is 9.14. The standard InChI is InChI=1S/C13H20INO/c1-10(16)4-3-9-15-11(2)12-5-7-13(14)8-6-12/h5-8,10-11,15-16H,3-4,9H2,1-2H3. The molecule has 0 spiro atoms. The Hall–Kier alpha value is -0.130. The molecule has 2 unspecified atom stereocenters. The predicted octanol–water partition coefficient (Wildman–Crippen LogP) is 3.10. The number of hydrogen-bond acceptors (Lipinski definition) is 2. The Labute approximate surface area is 112 Å². The normalized spacial score (nSPS) is 14.8. The third-order valence-electron chi connectivity index (χ3n) is 2.62. The number of rotatable bonds is 6. The molecule has 0 aliphatic carbocycles. The molecular formula is C13H20INO. The van der Waals surface area contributed by atoms with Gasteiger partial charge in [-0.15, -0.1) is 0 Å². The first kappa shape index (κ1) is 13.9. The lowest BCUT2D eigenvalue weighted by molar-refractivity contribution is 0.181. The average Bonchev–Trinajstić information content (AvgIpc) is 2.25. The molecule has 1 aromatic rings. The van der Waals surface area contributed by atoms with Gasteiger partial charge >= 0.3 is 0 Å². The number of hydrogen-bond donors (Lipinski definition) is 2. The minimum absolute atomic E-state index is 0.185. The van der Waals surface area contributed by atoms with Crippen molar-refractivity contribution >= 4 is 22.6 Å². The predicted molar refractivity (Wildman–Crippen MR) is 76.5 cm³/mol. The second-order valence-corrected chi connectivity index (χ2v) is 5.46. The zero-order chi connectivity index (χ0) is 12.0. The van der Waals surface area contributed by atoms with E-state index in [0.717, 1.165) is 19.4 Å². The Morgan fingerprint density at radius 3 is 2.44 bits per heavy atom. The molecule has 0 saturated carbocycles. The number of aliphatic hydroxyl groups is 1. The van der Waals surface area contributed by atoms with Crippen LogP contribution in [-0.2, 0) is 0 Å². The van der Waals surface area contributed by atoms with Crippen LogP contribution in [0.3, 0.4) is 0 Å². The molecule has 0 fully saturated rings. The number of halogens is 1. The highest BCUT2D eigenvalue weighted by molar-refractivity contribution is 14.1. The largest absolute Gasteiger partial charge is 0.393 e. The summed E-state index contributed by atoms with van der Waals surface area (Å²) in [6.07, 6.45) is 1.70. The van der Waals surface area contributed by atoms with Crippen LogP contribution in [0.4, 0.5) is 0 Å². The summed E-state index contributed by atoms with van der Waals surface area (Å²) in [6.45, 7) is 4.96. The molecule has 0 aromatic heterocycles. The lowest BCUT2D eigenvalue weighted by atomic mass is 10.1. The van der Waals surface area contributed by atoms with Gasteiger partial charge in [-0.1, -0.05) is 12.1 Å². The fourth-order valence-corrected chi connectivity index (χ4v) is 1.94. The molecule has 0 amide bonds. The maximum Gasteiger partial charge on any atom is 0.0512 e. The van der Waals surface area contributed by atoms with Crippen LogP contribution < -0.4 is 5.32 Å². The molecule has 0 bridgehead atoms. The van der Waals surface area contributed by atoms with E-state index in [-0.39, 0.29) is 6.10 Å². The highest BCUT2D eigenvalue weighted by atomic mass is 127. The Balaban J connectivity index is 2.29. The van der Waals surface area contributed by atoms with Crippen LogP contribution in [0.15, 0.2) is 24.3 Å².